The fourth-order valence-electron chi connectivity index (χ4n) is 4.27. The molecule has 2 aromatic rings. The van der Waals surface area contributed by atoms with Crippen molar-refractivity contribution in [1.82, 2.24) is 15.5 Å². The Morgan fingerprint density at radius 1 is 0.946 bits per heavy atom. The molecule has 1 heterocycles. The highest BCUT2D eigenvalue weighted by molar-refractivity contribution is 5.94. The number of hydrogen-bond donors (Lipinski definition) is 6. The van der Waals surface area contributed by atoms with E-state index >= 15 is 0 Å². The largest absolute Gasteiger partial charge is 0.508 e. The first-order valence-corrected chi connectivity index (χ1v) is 12.0. The van der Waals surface area contributed by atoms with Gasteiger partial charge in [0.15, 0.2) is 0 Å². The topological polar surface area (TPSA) is 182 Å². The number of phenolic OH excluding ortho intramolecular Hbond substituents is 1. The summed E-state index contributed by atoms with van der Waals surface area (Å²) in [6.45, 7) is -0.481. The molecule has 2 aromatic carbocycles. The number of aromatic hydroxyl groups is 1. The van der Waals surface area contributed by atoms with Gasteiger partial charge in [-0.15, -0.1) is 0 Å². The fourth-order valence-corrected chi connectivity index (χ4v) is 4.27. The Labute approximate surface area is 214 Å². The van der Waals surface area contributed by atoms with E-state index in [4.69, 9.17) is 5.73 Å². The van der Waals surface area contributed by atoms with Gasteiger partial charge in [0.05, 0.1) is 12.6 Å². The maximum atomic E-state index is 13.3. The Balaban J connectivity index is 1.73. The van der Waals surface area contributed by atoms with Gasteiger partial charge in [-0.25, -0.2) is 4.79 Å². The van der Waals surface area contributed by atoms with Crippen molar-refractivity contribution in [2.24, 2.45) is 5.73 Å². The molecule has 37 heavy (non-hydrogen) atoms. The second-order valence-electron chi connectivity index (χ2n) is 9.00. The molecule has 0 radical (unpaired) electrons. The van der Waals surface area contributed by atoms with E-state index in [2.05, 4.69) is 10.6 Å². The standard InChI is InChI=1S/C26H32N4O7/c27-19(13-16-5-2-1-3-6-16)25(35)30-12-4-7-22(30)24(34)28-20(14-17-8-10-18(32)11-9-17)23(33)29-21(15-31)26(36)37/h1-3,5-6,8-11,19-22,31-32H,4,7,12-15,27H2,(H,28,34)(H,29,33)(H,36,37)/t19-,20-,21-,22-/m0/s1. The average molecular weight is 513 g/mol. The summed E-state index contributed by atoms with van der Waals surface area (Å²) in [5.41, 5.74) is 7.66. The third-order valence-corrected chi connectivity index (χ3v) is 6.26. The molecule has 3 amide bonds. The number of carboxylic acid groups (broad SMARTS) is 1. The van der Waals surface area contributed by atoms with Gasteiger partial charge in [-0.3, -0.25) is 14.4 Å². The van der Waals surface area contributed by atoms with E-state index < -0.39 is 48.6 Å². The zero-order valence-electron chi connectivity index (χ0n) is 20.2. The van der Waals surface area contributed by atoms with Crippen molar-refractivity contribution in [3.63, 3.8) is 0 Å². The molecule has 1 aliphatic rings. The van der Waals surface area contributed by atoms with Crippen molar-refractivity contribution >= 4 is 23.7 Å². The number of benzene rings is 2. The van der Waals surface area contributed by atoms with Crippen LogP contribution in [0.25, 0.3) is 0 Å². The fraction of sp³-hybridized carbons (Fsp3) is 0.385. The lowest BCUT2D eigenvalue weighted by Crippen LogP contribution is -2.57. The predicted octanol–water partition coefficient (Wildman–Crippen LogP) is -0.458. The van der Waals surface area contributed by atoms with E-state index in [1.807, 2.05) is 30.3 Å². The number of carbonyl (C=O) groups is 4. The van der Waals surface area contributed by atoms with Crippen molar-refractivity contribution in [1.29, 1.82) is 0 Å². The summed E-state index contributed by atoms with van der Waals surface area (Å²) in [6, 6.07) is 10.9. The smallest absolute Gasteiger partial charge is 0.328 e. The third kappa shape index (κ3) is 7.51. The molecule has 0 saturated carbocycles. The lowest BCUT2D eigenvalue weighted by molar-refractivity contribution is -0.144. The number of nitrogens with zero attached hydrogens (tertiary/aromatic N) is 1. The number of likely N-dealkylation sites (tertiary alicyclic amines) is 1. The van der Waals surface area contributed by atoms with Crippen molar-refractivity contribution in [2.45, 2.75) is 49.9 Å². The SMILES string of the molecule is N[C@@H](Cc1ccccc1)C(=O)N1CCC[C@H]1C(=O)N[C@@H](Cc1ccc(O)cc1)C(=O)N[C@@H](CO)C(=O)O. The van der Waals surface area contributed by atoms with Crippen LogP contribution in [-0.2, 0) is 32.0 Å². The zero-order valence-corrected chi connectivity index (χ0v) is 20.2. The Morgan fingerprint density at radius 3 is 2.22 bits per heavy atom. The van der Waals surface area contributed by atoms with Crippen molar-refractivity contribution in [3.05, 3.63) is 65.7 Å². The molecule has 4 atom stereocenters. The first-order valence-electron chi connectivity index (χ1n) is 12.0. The van der Waals surface area contributed by atoms with Crippen LogP contribution < -0.4 is 16.4 Å². The quantitative estimate of drug-likeness (QED) is 0.234. The number of aliphatic hydroxyl groups is 1. The highest BCUT2D eigenvalue weighted by atomic mass is 16.4. The van der Waals surface area contributed by atoms with Gasteiger partial charge in [0, 0.05) is 13.0 Å². The van der Waals surface area contributed by atoms with E-state index in [0.29, 0.717) is 31.4 Å². The Bertz CT molecular complexity index is 1090. The lowest BCUT2D eigenvalue weighted by atomic mass is 10.0. The summed E-state index contributed by atoms with van der Waals surface area (Å²) in [7, 11) is 0. The number of nitrogens with one attached hydrogen (secondary N) is 2. The van der Waals surface area contributed by atoms with Gasteiger partial charge in [-0.05, 0) is 42.5 Å². The number of carboxylic acids is 1. The first kappa shape index (κ1) is 27.6. The van der Waals surface area contributed by atoms with Gasteiger partial charge in [-0.2, -0.15) is 0 Å². The molecular formula is C26H32N4O7. The highest BCUT2D eigenvalue weighted by Crippen LogP contribution is 2.20. The van der Waals surface area contributed by atoms with Crippen LogP contribution in [0.1, 0.15) is 24.0 Å². The third-order valence-electron chi connectivity index (χ3n) is 6.26. The molecule has 0 aliphatic carbocycles. The lowest BCUT2D eigenvalue weighted by Gasteiger charge is -2.28. The monoisotopic (exact) mass is 512 g/mol. The minimum absolute atomic E-state index is 0.0101. The van der Waals surface area contributed by atoms with Gasteiger partial charge in [-0.1, -0.05) is 42.5 Å². The van der Waals surface area contributed by atoms with Crippen molar-refractivity contribution < 1.29 is 34.5 Å². The molecule has 3 rings (SSSR count). The number of nitrogens with two attached hydrogens (primary N) is 1. The van der Waals surface area contributed by atoms with Crippen LogP contribution in [0.4, 0.5) is 0 Å². The minimum atomic E-state index is -1.55. The van der Waals surface area contributed by atoms with Gasteiger partial charge in [0.1, 0.15) is 23.9 Å². The summed E-state index contributed by atoms with van der Waals surface area (Å²) in [4.78, 5) is 52.0. The average Bonchev–Trinajstić information content (AvgIpc) is 3.38. The number of phenols is 1. The molecule has 1 aliphatic heterocycles. The van der Waals surface area contributed by atoms with Crippen LogP contribution in [0.2, 0.25) is 0 Å². The molecule has 1 fully saturated rings. The summed E-state index contributed by atoms with van der Waals surface area (Å²) < 4.78 is 0. The van der Waals surface area contributed by atoms with Crippen molar-refractivity contribution in [2.75, 3.05) is 13.2 Å². The molecule has 7 N–H and O–H groups in total. The summed E-state index contributed by atoms with van der Waals surface area (Å²) in [5, 5.41) is 32.9. The van der Waals surface area contributed by atoms with Gasteiger partial charge in [0.25, 0.3) is 0 Å². The number of carbonyl (C=O) groups excluding carboxylic acids is 3. The predicted molar refractivity (Wildman–Crippen MR) is 133 cm³/mol. The maximum absolute atomic E-state index is 13.3. The number of aliphatic carboxylic acids is 1. The normalized spacial score (nSPS) is 17.5. The Morgan fingerprint density at radius 2 is 1.59 bits per heavy atom. The second kappa shape index (κ2) is 12.8. The van der Waals surface area contributed by atoms with E-state index in [1.165, 1.54) is 17.0 Å². The van der Waals surface area contributed by atoms with Crippen LogP contribution in [-0.4, -0.2) is 81.2 Å². The maximum Gasteiger partial charge on any atom is 0.328 e. The Kier molecular flexibility index (Phi) is 9.58. The molecule has 1 saturated heterocycles. The van der Waals surface area contributed by atoms with Crippen LogP contribution >= 0.6 is 0 Å². The van der Waals surface area contributed by atoms with Crippen LogP contribution in [0.15, 0.2) is 54.6 Å². The number of amides is 3. The van der Waals surface area contributed by atoms with Gasteiger partial charge >= 0.3 is 5.97 Å². The van der Waals surface area contributed by atoms with E-state index in [0.717, 1.165) is 5.56 Å². The molecular weight excluding hydrogens is 480 g/mol. The second-order valence-corrected chi connectivity index (χ2v) is 9.00. The summed E-state index contributed by atoms with van der Waals surface area (Å²) >= 11 is 0. The van der Waals surface area contributed by atoms with Gasteiger partial charge < -0.3 is 36.6 Å². The molecule has 198 valence electrons. The number of aliphatic hydroxyl groups excluding tert-OH is 1. The molecule has 0 bridgehead atoms. The summed E-state index contributed by atoms with van der Waals surface area (Å²) in [5.74, 6) is -3.14. The molecule has 0 unspecified atom stereocenters. The highest BCUT2D eigenvalue weighted by Gasteiger charge is 2.38. The van der Waals surface area contributed by atoms with Crippen LogP contribution in [0.3, 0.4) is 0 Å². The Hall–Kier alpha value is -3.96. The number of rotatable bonds is 11. The minimum Gasteiger partial charge on any atom is -0.508 e. The zero-order chi connectivity index (χ0) is 26.9. The van der Waals surface area contributed by atoms with Crippen molar-refractivity contribution in [3.8, 4) is 5.75 Å². The van der Waals surface area contributed by atoms with Crippen LogP contribution in [0.5, 0.6) is 5.75 Å². The van der Waals surface area contributed by atoms with E-state index in [-0.39, 0.29) is 18.1 Å². The molecule has 11 nitrogen and oxygen atoms in total. The molecule has 0 aromatic heterocycles. The van der Waals surface area contributed by atoms with E-state index in [9.17, 15) is 34.5 Å². The van der Waals surface area contributed by atoms with E-state index in [1.54, 1.807) is 12.1 Å². The van der Waals surface area contributed by atoms with Gasteiger partial charge in [0.2, 0.25) is 17.7 Å². The summed E-state index contributed by atoms with van der Waals surface area (Å²) in [6.07, 6.45) is 1.28. The molecule has 0 spiro atoms. The number of hydrogen-bond acceptors (Lipinski definition) is 7. The first-order chi connectivity index (χ1) is 17.7. The molecule has 11 heteroatoms. The van der Waals surface area contributed by atoms with Crippen LogP contribution in [0, 0.1) is 0 Å².